The lowest BCUT2D eigenvalue weighted by Crippen LogP contribution is -2.47. The van der Waals surface area contributed by atoms with Crippen LogP contribution in [0.2, 0.25) is 5.02 Å². The molecule has 5 nitrogen and oxygen atoms in total. The number of anilines is 1. The van der Waals surface area contributed by atoms with Gasteiger partial charge in [-0.3, -0.25) is 9.59 Å². The number of para-hydroxylation sites is 2. The molecular formula is C20H23ClN2O3. The van der Waals surface area contributed by atoms with Crippen LogP contribution in [0.4, 0.5) is 5.69 Å². The van der Waals surface area contributed by atoms with Gasteiger partial charge in [0.05, 0.1) is 12.3 Å². The largest absolute Gasteiger partial charge is 0.492 e. The monoisotopic (exact) mass is 374 g/mol. The summed E-state index contributed by atoms with van der Waals surface area (Å²) in [5.41, 5.74) is 1.02. The van der Waals surface area contributed by atoms with Crippen LogP contribution in [0.5, 0.6) is 5.75 Å². The molecule has 1 unspecified atom stereocenters. The molecule has 0 radical (unpaired) electrons. The van der Waals surface area contributed by atoms with E-state index in [1.807, 2.05) is 32.9 Å². The average Bonchev–Trinajstić information content (AvgIpc) is 2.61. The van der Waals surface area contributed by atoms with Crippen LogP contribution in [-0.2, 0) is 4.79 Å². The molecule has 0 aliphatic rings. The van der Waals surface area contributed by atoms with E-state index in [0.717, 1.165) is 0 Å². The van der Waals surface area contributed by atoms with Gasteiger partial charge >= 0.3 is 0 Å². The number of amides is 2. The fourth-order valence-electron chi connectivity index (χ4n) is 2.42. The minimum Gasteiger partial charge on any atom is -0.492 e. The Kier molecular flexibility index (Phi) is 7.04. The third kappa shape index (κ3) is 5.23. The zero-order chi connectivity index (χ0) is 19.1. The number of benzene rings is 2. The van der Waals surface area contributed by atoms with Crippen molar-refractivity contribution in [2.24, 2.45) is 5.92 Å². The summed E-state index contributed by atoms with van der Waals surface area (Å²) in [6, 6.07) is 13.0. The second kappa shape index (κ2) is 9.25. The van der Waals surface area contributed by atoms with Gasteiger partial charge < -0.3 is 15.4 Å². The molecule has 2 N–H and O–H groups in total. The van der Waals surface area contributed by atoms with Crippen LogP contribution in [0.1, 0.15) is 31.1 Å². The Morgan fingerprint density at radius 3 is 2.35 bits per heavy atom. The first-order chi connectivity index (χ1) is 12.4. The smallest absolute Gasteiger partial charge is 0.251 e. The summed E-state index contributed by atoms with van der Waals surface area (Å²) in [5.74, 6) is -0.122. The Balaban J connectivity index is 2.12. The fraction of sp³-hybridized carbons (Fsp3) is 0.300. The predicted molar refractivity (Wildman–Crippen MR) is 104 cm³/mol. The van der Waals surface area contributed by atoms with Gasteiger partial charge in [-0.15, -0.1) is 0 Å². The molecule has 2 aromatic carbocycles. The molecule has 0 heterocycles. The third-order valence-corrected chi connectivity index (χ3v) is 4.04. The maximum atomic E-state index is 12.7. The highest BCUT2D eigenvalue weighted by molar-refractivity contribution is 6.30. The molecule has 0 fully saturated rings. The van der Waals surface area contributed by atoms with E-state index in [9.17, 15) is 9.59 Å². The number of hydrogen-bond donors (Lipinski definition) is 2. The first-order valence-electron chi connectivity index (χ1n) is 8.51. The van der Waals surface area contributed by atoms with Crippen LogP contribution in [-0.4, -0.2) is 24.5 Å². The molecule has 138 valence electrons. The lowest BCUT2D eigenvalue weighted by molar-refractivity contribution is -0.118. The molecule has 0 aliphatic carbocycles. The predicted octanol–water partition coefficient (Wildman–Crippen LogP) is 4.13. The molecule has 26 heavy (non-hydrogen) atoms. The number of ether oxygens (including phenoxy) is 1. The Morgan fingerprint density at radius 2 is 1.73 bits per heavy atom. The summed E-state index contributed by atoms with van der Waals surface area (Å²) < 4.78 is 5.53. The lowest BCUT2D eigenvalue weighted by atomic mass is 10.0. The molecule has 0 saturated heterocycles. The van der Waals surface area contributed by atoms with Gasteiger partial charge in [-0.05, 0) is 49.2 Å². The van der Waals surface area contributed by atoms with Crippen LogP contribution in [0.15, 0.2) is 48.5 Å². The molecule has 6 heteroatoms. The Morgan fingerprint density at radius 1 is 1.08 bits per heavy atom. The topological polar surface area (TPSA) is 67.4 Å². The Hall–Kier alpha value is -2.53. The van der Waals surface area contributed by atoms with Crippen molar-refractivity contribution in [3.8, 4) is 5.75 Å². The molecule has 0 aliphatic heterocycles. The lowest BCUT2D eigenvalue weighted by Gasteiger charge is -2.22. The summed E-state index contributed by atoms with van der Waals surface area (Å²) in [6.07, 6.45) is 0. The van der Waals surface area contributed by atoms with Crippen LogP contribution in [0.3, 0.4) is 0 Å². The number of nitrogens with one attached hydrogen (secondary N) is 2. The van der Waals surface area contributed by atoms with Crippen molar-refractivity contribution in [3.05, 3.63) is 59.1 Å². The van der Waals surface area contributed by atoms with Crippen molar-refractivity contribution < 1.29 is 14.3 Å². The zero-order valence-electron chi connectivity index (χ0n) is 15.1. The SMILES string of the molecule is CCOc1ccccc1NC(=O)C(NC(=O)c1ccc(Cl)cc1)C(C)C. The van der Waals surface area contributed by atoms with Crippen LogP contribution in [0, 0.1) is 5.92 Å². The molecule has 2 rings (SSSR count). The van der Waals surface area contributed by atoms with Crippen molar-refractivity contribution in [3.63, 3.8) is 0 Å². The van der Waals surface area contributed by atoms with Gasteiger partial charge in [0.25, 0.3) is 5.91 Å². The first-order valence-corrected chi connectivity index (χ1v) is 8.89. The highest BCUT2D eigenvalue weighted by atomic mass is 35.5. The van der Waals surface area contributed by atoms with Gasteiger partial charge in [-0.1, -0.05) is 37.6 Å². The minimum atomic E-state index is -0.687. The average molecular weight is 375 g/mol. The van der Waals surface area contributed by atoms with E-state index < -0.39 is 6.04 Å². The van der Waals surface area contributed by atoms with Crippen molar-refractivity contribution >= 4 is 29.1 Å². The van der Waals surface area contributed by atoms with E-state index >= 15 is 0 Å². The molecule has 1 atom stereocenters. The maximum Gasteiger partial charge on any atom is 0.251 e. The van der Waals surface area contributed by atoms with E-state index in [1.54, 1.807) is 36.4 Å². The maximum absolute atomic E-state index is 12.7. The van der Waals surface area contributed by atoms with Gasteiger partial charge in [-0.2, -0.15) is 0 Å². The Labute approximate surface area is 158 Å². The summed E-state index contributed by atoms with van der Waals surface area (Å²) in [6.45, 7) is 6.12. The molecule has 0 aromatic heterocycles. The Bertz CT molecular complexity index is 760. The summed E-state index contributed by atoms with van der Waals surface area (Å²) >= 11 is 5.85. The molecule has 0 spiro atoms. The van der Waals surface area contributed by atoms with Crippen molar-refractivity contribution in [2.75, 3.05) is 11.9 Å². The molecule has 2 amide bonds. The molecule has 2 aromatic rings. The molecule has 0 bridgehead atoms. The van der Waals surface area contributed by atoms with Crippen LogP contribution < -0.4 is 15.4 Å². The van der Waals surface area contributed by atoms with Crippen molar-refractivity contribution in [2.45, 2.75) is 26.8 Å². The van der Waals surface area contributed by atoms with Crippen LogP contribution >= 0.6 is 11.6 Å². The number of rotatable bonds is 7. The zero-order valence-corrected chi connectivity index (χ0v) is 15.8. The summed E-state index contributed by atoms with van der Waals surface area (Å²) in [7, 11) is 0. The number of halogens is 1. The van der Waals surface area contributed by atoms with Gasteiger partial charge in [0.15, 0.2) is 0 Å². The summed E-state index contributed by atoms with van der Waals surface area (Å²) in [4.78, 5) is 25.2. The van der Waals surface area contributed by atoms with E-state index in [2.05, 4.69) is 10.6 Å². The highest BCUT2D eigenvalue weighted by Crippen LogP contribution is 2.24. The van der Waals surface area contributed by atoms with E-state index in [4.69, 9.17) is 16.3 Å². The normalized spacial score (nSPS) is 11.7. The van der Waals surface area contributed by atoms with Crippen molar-refractivity contribution in [1.82, 2.24) is 5.32 Å². The van der Waals surface area contributed by atoms with E-state index in [0.29, 0.717) is 28.6 Å². The second-order valence-electron chi connectivity index (χ2n) is 6.12. The van der Waals surface area contributed by atoms with E-state index in [1.165, 1.54) is 0 Å². The van der Waals surface area contributed by atoms with Gasteiger partial charge in [0.1, 0.15) is 11.8 Å². The van der Waals surface area contributed by atoms with E-state index in [-0.39, 0.29) is 17.7 Å². The second-order valence-corrected chi connectivity index (χ2v) is 6.56. The summed E-state index contributed by atoms with van der Waals surface area (Å²) in [5, 5.41) is 6.18. The molecular weight excluding hydrogens is 352 g/mol. The van der Waals surface area contributed by atoms with Gasteiger partial charge in [0.2, 0.25) is 5.91 Å². The first kappa shape index (κ1) is 19.8. The molecule has 0 saturated carbocycles. The van der Waals surface area contributed by atoms with Gasteiger partial charge in [-0.25, -0.2) is 0 Å². The third-order valence-electron chi connectivity index (χ3n) is 3.79. The van der Waals surface area contributed by atoms with Crippen LogP contribution in [0.25, 0.3) is 0 Å². The standard InChI is InChI=1S/C20H23ClN2O3/c1-4-26-17-8-6-5-7-16(17)22-20(25)18(13(2)3)23-19(24)14-9-11-15(21)12-10-14/h5-13,18H,4H2,1-3H3,(H,22,25)(H,23,24). The van der Waals surface area contributed by atoms with Crippen molar-refractivity contribution in [1.29, 1.82) is 0 Å². The number of carbonyl (C=O) groups excluding carboxylic acids is 2. The fourth-order valence-corrected chi connectivity index (χ4v) is 2.55. The number of hydrogen-bond acceptors (Lipinski definition) is 3. The number of carbonyl (C=O) groups is 2. The highest BCUT2D eigenvalue weighted by Gasteiger charge is 2.25. The van der Waals surface area contributed by atoms with Gasteiger partial charge in [0, 0.05) is 10.6 Å². The minimum absolute atomic E-state index is 0.0921. The quantitative estimate of drug-likeness (QED) is 0.765.